The lowest BCUT2D eigenvalue weighted by Gasteiger charge is -2.06. The van der Waals surface area contributed by atoms with Crippen LogP contribution in [-0.2, 0) is 4.79 Å². The third kappa shape index (κ3) is 9.30. The lowest BCUT2D eigenvalue weighted by atomic mass is 10.3. The molecule has 13 heavy (non-hydrogen) atoms. The number of hydrogen-bond acceptors (Lipinski definition) is 3. The van der Waals surface area contributed by atoms with Crippen LogP contribution in [0.25, 0.3) is 0 Å². The second-order valence-electron chi connectivity index (χ2n) is 3.16. The summed E-state index contributed by atoms with van der Waals surface area (Å²) < 4.78 is 0. The van der Waals surface area contributed by atoms with Crippen molar-refractivity contribution in [3.05, 3.63) is 0 Å². The van der Waals surface area contributed by atoms with Crippen LogP contribution in [0, 0.1) is 0 Å². The highest BCUT2D eigenvalue weighted by atomic mass is 16.3. The van der Waals surface area contributed by atoms with Crippen LogP contribution >= 0.6 is 0 Å². The van der Waals surface area contributed by atoms with E-state index in [1.54, 1.807) is 6.92 Å². The molecule has 0 heterocycles. The van der Waals surface area contributed by atoms with Gasteiger partial charge in [0, 0.05) is 6.54 Å². The molecule has 0 aliphatic heterocycles. The Hall–Kier alpha value is -0.610. The number of carbonyl (C=O) groups is 1. The molecule has 1 unspecified atom stereocenters. The van der Waals surface area contributed by atoms with Crippen LogP contribution in [0.2, 0.25) is 0 Å². The standard InChI is InChI=1S/C9H20N2O2/c1-3-5-10-7-9(13)11-6-4-8(2)12/h8,10,12H,3-7H2,1-2H3,(H,11,13). The number of aliphatic hydroxyl groups excluding tert-OH is 1. The summed E-state index contributed by atoms with van der Waals surface area (Å²) >= 11 is 0. The predicted octanol–water partition coefficient (Wildman–Crippen LogP) is -0.127. The minimum Gasteiger partial charge on any atom is -0.393 e. The van der Waals surface area contributed by atoms with E-state index in [-0.39, 0.29) is 12.0 Å². The second-order valence-corrected chi connectivity index (χ2v) is 3.16. The topological polar surface area (TPSA) is 61.4 Å². The third-order valence-electron chi connectivity index (χ3n) is 1.60. The summed E-state index contributed by atoms with van der Waals surface area (Å²) in [6.07, 6.45) is 1.30. The minimum absolute atomic E-state index is 0.00546. The molecule has 0 fully saturated rings. The van der Waals surface area contributed by atoms with Gasteiger partial charge in [0.05, 0.1) is 12.6 Å². The Labute approximate surface area is 79.7 Å². The van der Waals surface area contributed by atoms with Gasteiger partial charge >= 0.3 is 0 Å². The van der Waals surface area contributed by atoms with E-state index in [9.17, 15) is 4.79 Å². The maximum Gasteiger partial charge on any atom is 0.233 e. The molecule has 4 heteroatoms. The molecular formula is C9H20N2O2. The normalized spacial score (nSPS) is 12.5. The molecule has 0 aliphatic rings. The van der Waals surface area contributed by atoms with Crippen LogP contribution in [0.5, 0.6) is 0 Å². The molecule has 1 atom stereocenters. The van der Waals surface area contributed by atoms with Crippen molar-refractivity contribution in [2.24, 2.45) is 0 Å². The first-order chi connectivity index (χ1) is 6.16. The van der Waals surface area contributed by atoms with Gasteiger partial charge in [-0.2, -0.15) is 0 Å². The number of nitrogens with one attached hydrogen (secondary N) is 2. The molecule has 0 aromatic heterocycles. The number of carbonyl (C=O) groups excluding carboxylic acids is 1. The van der Waals surface area contributed by atoms with E-state index in [1.807, 2.05) is 0 Å². The van der Waals surface area contributed by atoms with E-state index in [0.29, 0.717) is 19.5 Å². The van der Waals surface area contributed by atoms with Gasteiger partial charge in [0.1, 0.15) is 0 Å². The SMILES string of the molecule is CCCNCC(=O)NCCC(C)O. The zero-order valence-corrected chi connectivity index (χ0v) is 8.47. The van der Waals surface area contributed by atoms with Gasteiger partial charge in [-0.3, -0.25) is 4.79 Å². The van der Waals surface area contributed by atoms with Crippen molar-refractivity contribution < 1.29 is 9.90 Å². The molecule has 0 aromatic rings. The van der Waals surface area contributed by atoms with Gasteiger partial charge in [0.25, 0.3) is 0 Å². The van der Waals surface area contributed by atoms with Crippen LogP contribution < -0.4 is 10.6 Å². The zero-order chi connectivity index (χ0) is 10.1. The van der Waals surface area contributed by atoms with Gasteiger partial charge in [-0.1, -0.05) is 6.92 Å². The Morgan fingerprint density at radius 1 is 1.46 bits per heavy atom. The number of rotatable bonds is 7. The molecule has 4 nitrogen and oxygen atoms in total. The van der Waals surface area contributed by atoms with Gasteiger partial charge in [0.15, 0.2) is 0 Å². The van der Waals surface area contributed by atoms with Crippen molar-refractivity contribution >= 4 is 5.91 Å². The first-order valence-corrected chi connectivity index (χ1v) is 4.82. The molecule has 0 rings (SSSR count). The lowest BCUT2D eigenvalue weighted by molar-refractivity contribution is -0.120. The smallest absolute Gasteiger partial charge is 0.233 e. The van der Waals surface area contributed by atoms with Crippen LogP contribution in [-0.4, -0.2) is 36.8 Å². The quantitative estimate of drug-likeness (QED) is 0.488. The molecule has 1 amide bonds. The Balaban J connectivity index is 3.20. The zero-order valence-electron chi connectivity index (χ0n) is 8.47. The summed E-state index contributed by atoms with van der Waals surface area (Å²) in [4.78, 5) is 11.0. The molecule has 3 N–H and O–H groups in total. The Morgan fingerprint density at radius 3 is 2.69 bits per heavy atom. The minimum atomic E-state index is -0.344. The van der Waals surface area contributed by atoms with E-state index in [1.165, 1.54) is 0 Å². The highest BCUT2D eigenvalue weighted by molar-refractivity contribution is 5.77. The monoisotopic (exact) mass is 188 g/mol. The molecule has 0 bridgehead atoms. The van der Waals surface area contributed by atoms with Crippen molar-refractivity contribution in [3.63, 3.8) is 0 Å². The molecule has 78 valence electrons. The first-order valence-electron chi connectivity index (χ1n) is 4.82. The van der Waals surface area contributed by atoms with Crippen LogP contribution in [0.4, 0.5) is 0 Å². The fourth-order valence-electron chi connectivity index (χ4n) is 0.862. The molecule has 0 saturated carbocycles. The third-order valence-corrected chi connectivity index (χ3v) is 1.60. The van der Waals surface area contributed by atoms with E-state index in [0.717, 1.165) is 13.0 Å². The Morgan fingerprint density at radius 2 is 2.15 bits per heavy atom. The summed E-state index contributed by atoms with van der Waals surface area (Å²) in [5, 5.41) is 14.6. The molecular weight excluding hydrogens is 168 g/mol. The largest absolute Gasteiger partial charge is 0.393 e. The summed E-state index contributed by atoms with van der Waals surface area (Å²) in [7, 11) is 0. The second kappa shape index (κ2) is 8.01. The molecule has 0 aromatic carbocycles. The van der Waals surface area contributed by atoms with E-state index < -0.39 is 0 Å². The predicted molar refractivity (Wildman–Crippen MR) is 52.5 cm³/mol. The van der Waals surface area contributed by atoms with Crippen molar-refractivity contribution in [2.75, 3.05) is 19.6 Å². The highest BCUT2D eigenvalue weighted by Gasteiger charge is 2.00. The average molecular weight is 188 g/mol. The summed E-state index contributed by atoms with van der Waals surface area (Å²) in [5.74, 6) is -0.00546. The van der Waals surface area contributed by atoms with E-state index in [4.69, 9.17) is 5.11 Å². The summed E-state index contributed by atoms with van der Waals surface area (Å²) in [6.45, 7) is 5.54. The van der Waals surface area contributed by atoms with Crippen molar-refractivity contribution in [2.45, 2.75) is 32.8 Å². The van der Waals surface area contributed by atoms with Crippen LogP contribution in [0.15, 0.2) is 0 Å². The van der Waals surface area contributed by atoms with Gasteiger partial charge in [-0.05, 0) is 26.3 Å². The maximum atomic E-state index is 11.0. The van der Waals surface area contributed by atoms with E-state index >= 15 is 0 Å². The molecule has 0 radical (unpaired) electrons. The number of hydrogen-bond donors (Lipinski definition) is 3. The maximum absolute atomic E-state index is 11.0. The Bertz CT molecular complexity index is 138. The van der Waals surface area contributed by atoms with Gasteiger partial charge in [0.2, 0.25) is 5.91 Å². The van der Waals surface area contributed by atoms with E-state index in [2.05, 4.69) is 17.6 Å². The van der Waals surface area contributed by atoms with Gasteiger partial charge < -0.3 is 15.7 Å². The number of amides is 1. The van der Waals surface area contributed by atoms with Crippen LogP contribution in [0.1, 0.15) is 26.7 Å². The average Bonchev–Trinajstić information content (AvgIpc) is 2.04. The van der Waals surface area contributed by atoms with Gasteiger partial charge in [-0.25, -0.2) is 0 Å². The first kappa shape index (κ1) is 12.4. The summed E-state index contributed by atoms with van der Waals surface area (Å²) in [5.41, 5.74) is 0. The highest BCUT2D eigenvalue weighted by Crippen LogP contribution is 1.85. The fraction of sp³-hybridized carbons (Fsp3) is 0.889. The lowest BCUT2D eigenvalue weighted by Crippen LogP contribution is -2.35. The molecule has 0 aliphatic carbocycles. The van der Waals surface area contributed by atoms with Crippen molar-refractivity contribution in [1.29, 1.82) is 0 Å². The van der Waals surface area contributed by atoms with Crippen molar-refractivity contribution in [3.8, 4) is 0 Å². The number of aliphatic hydroxyl groups is 1. The molecule has 0 saturated heterocycles. The van der Waals surface area contributed by atoms with Gasteiger partial charge in [-0.15, -0.1) is 0 Å². The summed E-state index contributed by atoms with van der Waals surface area (Å²) in [6, 6.07) is 0. The van der Waals surface area contributed by atoms with Crippen molar-refractivity contribution in [1.82, 2.24) is 10.6 Å². The van der Waals surface area contributed by atoms with Crippen LogP contribution in [0.3, 0.4) is 0 Å². The Kier molecular flexibility index (Phi) is 7.63. The molecule has 0 spiro atoms. The fourth-order valence-corrected chi connectivity index (χ4v) is 0.862.